The van der Waals surface area contributed by atoms with Gasteiger partial charge in [0.25, 0.3) is 0 Å². The maximum absolute atomic E-state index is 13.0. The minimum absolute atomic E-state index is 0.0313. The highest BCUT2D eigenvalue weighted by Gasteiger charge is 2.48. The Hall–Kier alpha value is -6.96. The Morgan fingerprint density at radius 1 is 0.562 bits per heavy atom. The van der Waals surface area contributed by atoms with Gasteiger partial charge in [-0.15, -0.1) is 0 Å². The first-order chi connectivity index (χ1) is 44.9. The molecule has 0 spiro atoms. The fourth-order valence-electron chi connectivity index (χ4n) is 8.99. The molecule has 0 N–H and O–H groups in total. The lowest BCUT2D eigenvalue weighted by Crippen LogP contribution is -2.58. The van der Waals surface area contributed by atoms with Gasteiger partial charge in [0, 0.05) is 38.4 Å². The quantitative estimate of drug-likeness (QED) is 0.0330. The molecule has 3 aromatic rings. The molecule has 0 saturated carbocycles. The molecular weight excluding hydrogens is 1280 g/mol. The highest BCUT2D eigenvalue weighted by molar-refractivity contribution is 6.75. The molecule has 22 nitrogen and oxygen atoms in total. The number of likely N-dealkylation sites (tertiary alicyclic amines) is 2. The van der Waals surface area contributed by atoms with E-state index >= 15 is 0 Å². The molecule has 0 aromatic heterocycles. The minimum atomic E-state index is -2.17. The van der Waals surface area contributed by atoms with Gasteiger partial charge in [-0.3, -0.25) is 19.2 Å². The van der Waals surface area contributed by atoms with Crippen LogP contribution in [0.1, 0.15) is 145 Å². The van der Waals surface area contributed by atoms with Crippen LogP contribution < -0.4 is 0 Å². The van der Waals surface area contributed by atoms with E-state index in [4.69, 9.17) is 56.1 Å². The average Bonchev–Trinajstić information content (AvgIpc) is 0.806. The summed E-state index contributed by atoms with van der Waals surface area (Å²) in [6.07, 6.45) is 2.15. The number of carbonyl (C=O) groups is 7. The lowest BCUT2D eigenvalue weighted by Gasteiger charge is -2.42. The van der Waals surface area contributed by atoms with Crippen molar-refractivity contribution in [3.05, 3.63) is 108 Å². The van der Waals surface area contributed by atoms with Crippen molar-refractivity contribution in [3.63, 3.8) is 0 Å². The van der Waals surface area contributed by atoms with Crippen LogP contribution >= 0.6 is 0 Å². The summed E-state index contributed by atoms with van der Waals surface area (Å²) in [4.78, 5) is 126. The topological polar surface area (TPSA) is 271 Å². The van der Waals surface area contributed by atoms with Gasteiger partial charge in [0.2, 0.25) is 0 Å². The van der Waals surface area contributed by atoms with Crippen LogP contribution in [0, 0.1) is 11.8 Å². The summed E-state index contributed by atoms with van der Waals surface area (Å²) in [6, 6.07) is 27.1. The molecule has 25 heteroatoms. The van der Waals surface area contributed by atoms with Crippen molar-refractivity contribution >= 4 is 79.0 Å². The third kappa shape index (κ3) is 30.2. The third-order valence-corrected chi connectivity index (χ3v) is 31.5. The normalized spacial score (nSPS) is 16.8. The van der Waals surface area contributed by atoms with Crippen molar-refractivity contribution in [2.24, 2.45) is 11.8 Å². The zero-order valence-electron chi connectivity index (χ0n) is 60.7. The molecule has 0 bridgehead atoms. The van der Waals surface area contributed by atoms with Crippen LogP contribution in [0.3, 0.4) is 0 Å². The summed E-state index contributed by atoms with van der Waals surface area (Å²) in [5.74, 6) is -2.13. The van der Waals surface area contributed by atoms with Crippen LogP contribution in [0.15, 0.2) is 91.0 Å². The van der Waals surface area contributed by atoms with Crippen LogP contribution in [0.4, 0.5) is 14.4 Å². The van der Waals surface area contributed by atoms with Crippen molar-refractivity contribution in [1.29, 1.82) is 0 Å². The SMILES string of the molecule is CCC1CN(C(=O)OCc2ccccc2)C(CO[Si](C)(C)C(C)(C)C)CC1=O.CCCCN(C(=O)OCc1ccccc1)C(CO[Si](C)(C)C(C)(C)C)CC(=O)OCC.CCOC(=O)C1C(=O)CCN(C(=O)OCc2ccccc2)C1CO[Si](C)(C)C(C)(C)C.O=C=O.O=C=O. The van der Waals surface area contributed by atoms with Crippen LogP contribution in [0.5, 0.6) is 0 Å². The van der Waals surface area contributed by atoms with E-state index in [0.29, 0.717) is 39.3 Å². The molecule has 96 heavy (non-hydrogen) atoms. The summed E-state index contributed by atoms with van der Waals surface area (Å²) in [7, 11) is -6.18. The predicted molar refractivity (Wildman–Crippen MR) is 370 cm³/mol. The van der Waals surface area contributed by atoms with Crippen molar-refractivity contribution in [1.82, 2.24) is 14.7 Å². The first kappa shape index (κ1) is 87.1. The van der Waals surface area contributed by atoms with E-state index in [2.05, 4.69) is 109 Å². The van der Waals surface area contributed by atoms with E-state index in [1.54, 1.807) is 23.6 Å². The summed E-state index contributed by atoms with van der Waals surface area (Å²) in [6.45, 7) is 42.7. The molecule has 3 amide bonds. The summed E-state index contributed by atoms with van der Waals surface area (Å²) >= 11 is 0. The lowest BCUT2D eigenvalue weighted by molar-refractivity contribution is -0.193. The predicted octanol–water partition coefficient (Wildman–Crippen LogP) is 13.8. The van der Waals surface area contributed by atoms with E-state index in [0.717, 1.165) is 36.0 Å². The molecule has 2 aliphatic heterocycles. The van der Waals surface area contributed by atoms with Gasteiger partial charge in [0.1, 0.15) is 31.5 Å². The molecule has 2 fully saturated rings. The number of amides is 3. The van der Waals surface area contributed by atoms with Gasteiger partial charge in [0.15, 0.2) is 30.7 Å². The van der Waals surface area contributed by atoms with Gasteiger partial charge in [-0.1, -0.05) is 174 Å². The Morgan fingerprint density at radius 3 is 1.40 bits per heavy atom. The fourth-order valence-corrected chi connectivity index (χ4v) is 12.1. The van der Waals surface area contributed by atoms with E-state index in [1.807, 2.05) is 97.9 Å². The van der Waals surface area contributed by atoms with Gasteiger partial charge in [0.05, 0.1) is 57.6 Å². The number of hydrogen-bond acceptors (Lipinski definition) is 19. The maximum Gasteiger partial charge on any atom is 0.410 e. The van der Waals surface area contributed by atoms with Crippen molar-refractivity contribution in [3.8, 4) is 0 Å². The molecule has 5 rings (SSSR count). The van der Waals surface area contributed by atoms with E-state index < -0.39 is 61.1 Å². The molecule has 536 valence electrons. The Balaban J connectivity index is 0.000000691. The molecule has 2 saturated heterocycles. The second kappa shape index (κ2) is 42.7. The van der Waals surface area contributed by atoms with Gasteiger partial charge >= 0.3 is 42.5 Å². The summed E-state index contributed by atoms with van der Waals surface area (Å²) < 4.78 is 46.0. The van der Waals surface area contributed by atoms with Gasteiger partial charge in [-0.2, -0.15) is 19.2 Å². The van der Waals surface area contributed by atoms with E-state index in [1.165, 1.54) is 4.90 Å². The summed E-state index contributed by atoms with van der Waals surface area (Å²) in [5, 5.41) is 0.0591. The number of piperidine rings is 2. The monoisotopic (exact) mass is 1390 g/mol. The second-order valence-electron chi connectivity index (χ2n) is 28.0. The number of unbranched alkanes of at least 4 members (excludes halogenated alkanes) is 1. The zero-order valence-corrected chi connectivity index (χ0v) is 63.7. The van der Waals surface area contributed by atoms with Crippen LogP contribution in [0.2, 0.25) is 54.4 Å². The first-order valence-corrected chi connectivity index (χ1v) is 41.8. The van der Waals surface area contributed by atoms with E-state index in [-0.39, 0.29) is 115 Å². The number of carbonyl (C=O) groups excluding carboxylic acids is 11. The van der Waals surface area contributed by atoms with Gasteiger partial charge in [-0.25, -0.2) is 14.4 Å². The maximum atomic E-state index is 13.0. The largest absolute Gasteiger partial charge is 0.466 e. The Labute approximate surface area is 573 Å². The number of ether oxygens (including phenoxy) is 5. The number of rotatable bonds is 25. The summed E-state index contributed by atoms with van der Waals surface area (Å²) in [5.41, 5.74) is 2.73. The van der Waals surface area contributed by atoms with Crippen molar-refractivity contribution in [2.75, 3.05) is 52.7 Å². The number of esters is 2. The minimum Gasteiger partial charge on any atom is -0.466 e. The van der Waals surface area contributed by atoms with Crippen LogP contribution in [-0.4, -0.2) is 165 Å². The molecule has 2 heterocycles. The zero-order chi connectivity index (χ0) is 73.1. The Morgan fingerprint density at radius 2 is 0.979 bits per heavy atom. The Kier molecular flexibility index (Phi) is 38.7. The smallest absolute Gasteiger partial charge is 0.410 e. The molecule has 5 atom stereocenters. The lowest BCUT2D eigenvalue weighted by atomic mass is 9.88. The highest BCUT2D eigenvalue weighted by Crippen LogP contribution is 2.40. The number of ketones is 2. The molecule has 2 aliphatic rings. The standard InChI is InChI=1S/C24H41NO5Si.C23H35NO6Si.C22H35NO4Si.2CO2/c1-8-10-16-25(23(27)29-18-20-14-12-11-13-15-20)21(17-22(26)28-9-2)19-30-31(6,7)24(3,4)5;1-7-28-21(26)20-18(16-30-31(5,6)23(2,3)4)24(14-13-19(20)25)22(27)29-15-17-11-9-8-10-12-17;1-7-18-14-23(21(25)26-15-17-11-9-8-10-12-17)19(13-20(18)24)16-27-28(5,6)22(2,3)4;2*2-1-3/h11-15,21H,8-10,16-19H2,1-7H3;8-12,18,20H,7,13-16H2,1-6H3;8-12,18-19H,7,13-16H2,1-6H3;;. The number of Topliss-reactive ketones (excluding diaryl/α,β-unsaturated/α-hetero) is 2. The number of benzene rings is 3. The molecular formula is C71H111N3O19Si3. The van der Waals surface area contributed by atoms with E-state index in [9.17, 15) is 33.6 Å². The van der Waals surface area contributed by atoms with Gasteiger partial charge in [-0.05, 0) is 97.8 Å². The number of hydrogen-bond donors (Lipinski definition) is 0. The number of nitrogens with zero attached hydrogens (tertiary/aromatic N) is 3. The Bertz CT molecular complexity index is 2890. The first-order valence-electron chi connectivity index (χ1n) is 33.1. The highest BCUT2D eigenvalue weighted by atomic mass is 28.4. The molecule has 0 aliphatic carbocycles. The van der Waals surface area contributed by atoms with Crippen molar-refractivity contribution < 1.29 is 89.7 Å². The molecule has 0 radical (unpaired) electrons. The second-order valence-corrected chi connectivity index (χ2v) is 42.4. The van der Waals surface area contributed by atoms with Crippen molar-refractivity contribution in [2.45, 2.75) is 221 Å². The van der Waals surface area contributed by atoms with Crippen LogP contribution in [-0.2, 0) is 95.1 Å². The fraction of sp³-hybridized carbons (Fsp3) is 0.620. The van der Waals surface area contributed by atoms with Crippen LogP contribution in [0.25, 0.3) is 0 Å². The molecule has 5 unspecified atom stereocenters. The average molecular weight is 1390 g/mol. The third-order valence-electron chi connectivity index (χ3n) is 18.0. The molecule has 3 aromatic carbocycles. The van der Waals surface area contributed by atoms with Gasteiger partial charge < -0.3 is 51.7 Å².